The van der Waals surface area contributed by atoms with Gasteiger partial charge in [-0.1, -0.05) is 12.2 Å². The van der Waals surface area contributed by atoms with Crippen molar-refractivity contribution in [2.75, 3.05) is 20.2 Å². The van der Waals surface area contributed by atoms with Gasteiger partial charge in [0.2, 0.25) is 0 Å². The largest absolute Gasteiger partial charge is 0.507 e. The van der Waals surface area contributed by atoms with Gasteiger partial charge in [0, 0.05) is 25.6 Å². The molecule has 1 aromatic carbocycles. The predicted molar refractivity (Wildman–Crippen MR) is 77.6 cm³/mol. The van der Waals surface area contributed by atoms with E-state index in [0.29, 0.717) is 30.2 Å². The van der Waals surface area contributed by atoms with E-state index in [1.165, 1.54) is 13.2 Å². The van der Waals surface area contributed by atoms with Gasteiger partial charge >= 0.3 is 0 Å². The molecule has 104 valence electrons. The molecular weight excluding hydrogens is 264 g/mol. The lowest BCUT2D eigenvalue weighted by molar-refractivity contribution is 0.0766. The number of nitrogens with zero attached hydrogens (tertiary/aromatic N) is 1. The Bertz CT molecular complexity index is 477. The number of methoxy groups -OCH3 is 1. The van der Waals surface area contributed by atoms with Crippen molar-refractivity contribution in [1.29, 1.82) is 0 Å². The van der Waals surface area contributed by atoms with Crippen molar-refractivity contribution in [2.24, 2.45) is 5.73 Å². The summed E-state index contributed by atoms with van der Waals surface area (Å²) < 4.78 is 4.98. The third kappa shape index (κ3) is 4.10. The van der Waals surface area contributed by atoms with Crippen LogP contribution in [-0.4, -0.2) is 41.1 Å². The summed E-state index contributed by atoms with van der Waals surface area (Å²) in [7, 11) is 1.50. The van der Waals surface area contributed by atoms with Crippen LogP contribution >= 0.6 is 12.2 Å². The maximum absolute atomic E-state index is 12.2. The molecule has 19 heavy (non-hydrogen) atoms. The molecule has 0 aliphatic carbocycles. The van der Waals surface area contributed by atoms with Gasteiger partial charge in [-0.05, 0) is 19.1 Å². The molecule has 0 aliphatic rings. The molecule has 0 aliphatic heterocycles. The second-order valence-corrected chi connectivity index (χ2v) is 4.51. The number of carbonyl (C=O) groups is 1. The Labute approximate surface area is 118 Å². The predicted octanol–water partition coefficient (Wildman–Crippen LogP) is 1.54. The molecule has 6 heteroatoms. The van der Waals surface area contributed by atoms with Gasteiger partial charge in [0.05, 0.1) is 17.7 Å². The Morgan fingerprint density at radius 1 is 1.53 bits per heavy atom. The number of phenolic OH excluding ortho intramolecular Hbond substituents is 1. The average Bonchev–Trinajstić information content (AvgIpc) is 2.38. The van der Waals surface area contributed by atoms with E-state index in [9.17, 15) is 9.90 Å². The lowest BCUT2D eigenvalue weighted by Gasteiger charge is -2.21. The third-order valence-electron chi connectivity index (χ3n) is 2.73. The average molecular weight is 282 g/mol. The zero-order chi connectivity index (χ0) is 14.4. The number of nitrogens with two attached hydrogens (primary N) is 1. The SMILES string of the molecule is CCN(CCC(N)=S)C(=O)c1ccc(OC)cc1O. The minimum atomic E-state index is -0.251. The number of aromatic hydroxyl groups is 1. The molecule has 0 radical (unpaired) electrons. The molecule has 1 amide bonds. The molecule has 0 atom stereocenters. The van der Waals surface area contributed by atoms with Crippen molar-refractivity contribution in [3.63, 3.8) is 0 Å². The van der Waals surface area contributed by atoms with Crippen LogP contribution in [0.1, 0.15) is 23.7 Å². The van der Waals surface area contributed by atoms with E-state index in [4.69, 9.17) is 22.7 Å². The Balaban J connectivity index is 2.88. The number of hydrogen-bond donors (Lipinski definition) is 2. The number of hydrogen-bond acceptors (Lipinski definition) is 4. The van der Waals surface area contributed by atoms with E-state index in [1.54, 1.807) is 17.0 Å². The van der Waals surface area contributed by atoms with Gasteiger partial charge in [-0.3, -0.25) is 4.79 Å². The molecule has 0 fully saturated rings. The first-order valence-electron chi connectivity index (χ1n) is 5.94. The van der Waals surface area contributed by atoms with Gasteiger partial charge in [-0.25, -0.2) is 0 Å². The molecule has 5 nitrogen and oxygen atoms in total. The van der Waals surface area contributed by atoms with E-state index in [2.05, 4.69) is 0 Å². The van der Waals surface area contributed by atoms with Crippen LogP contribution in [0.4, 0.5) is 0 Å². The van der Waals surface area contributed by atoms with Crippen molar-refractivity contribution in [1.82, 2.24) is 4.90 Å². The standard InChI is InChI=1S/C13H18N2O3S/c1-3-15(7-6-12(14)19)13(17)10-5-4-9(18-2)8-11(10)16/h4-5,8,16H,3,6-7H2,1-2H3,(H2,14,19). The number of rotatable bonds is 6. The number of carbonyl (C=O) groups excluding carboxylic acids is 1. The highest BCUT2D eigenvalue weighted by Gasteiger charge is 2.18. The summed E-state index contributed by atoms with van der Waals surface area (Å²) in [6.45, 7) is 2.82. The van der Waals surface area contributed by atoms with Crippen LogP contribution in [0.25, 0.3) is 0 Å². The van der Waals surface area contributed by atoms with Crippen molar-refractivity contribution in [2.45, 2.75) is 13.3 Å². The monoisotopic (exact) mass is 282 g/mol. The van der Waals surface area contributed by atoms with Crippen LogP contribution in [0, 0.1) is 0 Å². The normalized spacial score (nSPS) is 10.0. The Morgan fingerprint density at radius 2 is 2.21 bits per heavy atom. The van der Waals surface area contributed by atoms with Crippen LogP contribution in [0.15, 0.2) is 18.2 Å². The minimum Gasteiger partial charge on any atom is -0.507 e. The lowest BCUT2D eigenvalue weighted by atomic mass is 10.1. The topological polar surface area (TPSA) is 75.8 Å². The molecule has 3 N–H and O–H groups in total. The first kappa shape index (κ1) is 15.2. The summed E-state index contributed by atoms with van der Waals surface area (Å²) >= 11 is 4.80. The van der Waals surface area contributed by atoms with E-state index in [1.807, 2.05) is 6.92 Å². The Kier molecular flexibility index (Phi) is 5.57. The summed E-state index contributed by atoms with van der Waals surface area (Å²) in [4.78, 5) is 14.2. The smallest absolute Gasteiger partial charge is 0.257 e. The molecule has 0 unspecified atom stereocenters. The molecule has 1 aromatic rings. The molecule has 0 saturated carbocycles. The highest BCUT2D eigenvalue weighted by Crippen LogP contribution is 2.24. The van der Waals surface area contributed by atoms with E-state index >= 15 is 0 Å². The summed E-state index contributed by atoms with van der Waals surface area (Å²) in [6.07, 6.45) is 0.464. The highest BCUT2D eigenvalue weighted by molar-refractivity contribution is 7.80. The summed E-state index contributed by atoms with van der Waals surface area (Å²) in [5.74, 6) is 0.150. The molecule has 0 spiro atoms. The van der Waals surface area contributed by atoms with Gasteiger partial charge in [0.1, 0.15) is 11.5 Å². The number of ether oxygens (including phenoxy) is 1. The zero-order valence-electron chi connectivity index (χ0n) is 11.0. The highest BCUT2D eigenvalue weighted by atomic mass is 32.1. The molecule has 0 aromatic heterocycles. The molecule has 1 rings (SSSR count). The maximum Gasteiger partial charge on any atom is 0.257 e. The first-order chi connectivity index (χ1) is 8.99. The maximum atomic E-state index is 12.2. The molecule has 0 bridgehead atoms. The van der Waals surface area contributed by atoms with Crippen LogP contribution in [0.2, 0.25) is 0 Å². The van der Waals surface area contributed by atoms with Gasteiger partial charge in [0.25, 0.3) is 5.91 Å². The lowest BCUT2D eigenvalue weighted by Crippen LogP contribution is -2.33. The summed E-state index contributed by atoms with van der Waals surface area (Å²) in [5, 5.41) is 9.84. The number of benzene rings is 1. The van der Waals surface area contributed by atoms with Crippen LogP contribution in [-0.2, 0) is 0 Å². The Hall–Kier alpha value is -1.82. The molecule has 0 heterocycles. The van der Waals surface area contributed by atoms with Gasteiger partial charge < -0.3 is 20.5 Å². The van der Waals surface area contributed by atoms with Crippen LogP contribution in [0.5, 0.6) is 11.5 Å². The second-order valence-electron chi connectivity index (χ2n) is 3.98. The number of amides is 1. The number of thiocarbonyl (C=S) groups is 1. The second kappa shape index (κ2) is 6.94. The van der Waals surface area contributed by atoms with Gasteiger partial charge in [-0.15, -0.1) is 0 Å². The van der Waals surface area contributed by atoms with E-state index in [0.717, 1.165) is 0 Å². The van der Waals surface area contributed by atoms with Crippen molar-refractivity contribution < 1.29 is 14.6 Å². The van der Waals surface area contributed by atoms with Crippen LogP contribution < -0.4 is 10.5 Å². The minimum absolute atomic E-state index is 0.0990. The number of phenols is 1. The Morgan fingerprint density at radius 3 is 2.68 bits per heavy atom. The fourth-order valence-electron chi connectivity index (χ4n) is 1.64. The molecular formula is C13H18N2O3S. The van der Waals surface area contributed by atoms with Gasteiger partial charge in [-0.2, -0.15) is 0 Å². The fraction of sp³-hybridized carbons (Fsp3) is 0.385. The third-order valence-corrected chi connectivity index (χ3v) is 2.94. The quantitative estimate of drug-likeness (QED) is 0.774. The first-order valence-corrected chi connectivity index (χ1v) is 6.35. The fourth-order valence-corrected chi connectivity index (χ4v) is 1.73. The van der Waals surface area contributed by atoms with Crippen molar-refractivity contribution in [3.05, 3.63) is 23.8 Å². The van der Waals surface area contributed by atoms with E-state index in [-0.39, 0.29) is 17.2 Å². The van der Waals surface area contributed by atoms with Gasteiger partial charge in [0.15, 0.2) is 0 Å². The van der Waals surface area contributed by atoms with Crippen molar-refractivity contribution in [3.8, 4) is 11.5 Å². The summed E-state index contributed by atoms with van der Waals surface area (Å²) in [6, 6.07) is 4.59. The summed E-state index contributed by atoms with van der Waals surface area (Å²) in [5.41, 5.74) is 5.67. The van der Waals surface area contributed by atoms with Crippen molar-refractivity contribution >= 4 is 23.1 Å². The zero-order valence-corrected chi connectivity index (χ0v) is 11.9. The van der Waals surface area contributed by atoms with E-state index < -0.39 is 0 Å². The van der Waals surface area contributed by atoms with Crippen LogP contribution in [0.3, 0.4) is 0 Å². The molecule has 0 saturated heterocycles.